The summed E-state index contributed by atoms with van der Waals surface area (Å²) in [5.41, 5.74) is 2.38. The van der Waals surface area contributed by atoms with Gasteiger partial charge in [-0.1, -0.05) is 84.9 Å². The quantitative estimate of drug-likeness (QED) is 0.478. The van der Waals surface area contributed by atoms with E-state index in [9.17, 15) is 4.79 Å². The van der Waals surface area contributed by atoms with Gasteiger partial charge in [0.1, 0.15) is 0 Å². The number of fused-ring (bicyclic) bond motifs is 2. The van der Waals surface area contributed by atoms with Crippen LogP contribution in [0.25, 0.3) is 21.5 Å². The molecule has 0 aliphatic heterocycles. The van der Waals surface area contributed by atoms with Crippen LogP contribution in [0.4, 0.5) is 0 Å². The molecule has 0 saturated heterocycles. The van der Waals surface area contributed by atoms with Crippen molar-refractivity contribution in [1.82, 2.24) is 0 Å². The van der Waals surface area contributed by atoms with Crippen molar-refractivity contribution in [2.24, 2.45) is 0 Å². The van der Waals surface area contributed by atoms with Gasteiger partial charge in [0.15, 0.2) is 6.29 Å². The zero-order valence-corrected chi connectivity index (χ0v) is 13.3. The van der Waals surface area contributed by atoms with E-state index < -0.39 is 0 Å². The number of benzene rings is 4. The molecule has 0 spiro atoms. The molecule has 4 aromatic rings. The lowest BCUT2D eigenvalue weighted by Crippen LogP contribution is -2.03. The Bertz CT molecular complexity index is 927. The van der Waals surface area contributed by atoms with E-state index in [2.05, 4.69) is 79.1 Å². The van der Waals surface area contributed by atoms with Crippen LogP contribution in [0.5, 0.6) is 0 Å². The fraction of sp³-hybridized carbons (Fsp3) is 0.0870. The Balaban J connectivity index is 1.98. The van der Waals surface area contributed by atoms with Crippen molar-refractivity contribution in [2.45, 2.75) is 12.3 Å². The van der Waals surface area contributed by atoms with E-state index in [0.717, 1.165) is 0 Å². The minimum Gasteiger partial charge on any atom is -0.291 e. The molecule has 4 aromatic carbocycles. The smallest absolute Gasteiger partial charge is 0.199 e. The molecule has 0 heterocycles. The summed E-state index contributed by atoms with van der Waals surface area (Å²) in [6.45, 7) is 0. The first-order chi connectivity index (χ1) is 11.9. The fourth-order valence-electron chi connectivity index (χ4n) is 3.58. The molecular weight excluding hydrogens is 292 g/mol. The fourth-order valence-corrected chi connectivity index (χ4v) is 3.58. The average Bonchev–Trinajstić information content (AvgIpc) is 2.65. The highest BCUT2D eigenvalue weighted by Crippen LogP contribution is 2.36. The molecule has 0 aromatic heterocycles. The second-order valence-electron chi connectivity index (χ2n) is 6.04. The van der Waals surface area contributed by atoms with E-state index in [1.54, 1.807) is 0 Å². The first kappa shape index (κ1) is 14.6. The Kier molecular flexibility index (Phi) is 3.84. The van der Waals surface area contributed by atoms with Crippen LogP contribution in [0.15, 0.2) is 84.9 Å². The minimum absolute atomic E-state index is 0.0136. The first-order valence-corrected chi connectivity index (χ1v) is 8.19. The van der Waals surface area contributed by atoms with Gasteiger partial charge in [-0.05, 0) is 32.7 Å². The van der Waals surface area contributed by atoms with Crippen LogP contribution in [-0.2, 0) is 4.79 Å². The maximum absolute atomic E-state index is 11.3. The normalized spacial score (nSPS) is 11.2. The summed E-state index contributed by atoms with van der Waals surface area (Å²) in [4.78, 5) is 11.3. The summed E-state index contributed by atoms with van der Waals surface area (Å²) in [5, 5.41) is 4.80. The standard InChI is InChI=1S/C23H17O/c24-16-15-23(21-13-5-9-17-7-1-3-11-19(17)21)22-14-6-10-18-8-2-4-12-20(18)22/h1-14,23H,15H2. The molecule has 0 amide bonds. The van der Waals surface area contributed by atoms with Crippen LogP contribution in [0.1, 0.15) is 23.5 Å². The van der Waals surface area contributed by atoms with Gasteiger partial charge in [0.25, 0.3) is 0 Å². The molecule has 0 aliphatic carbocycles. The average molecular weight is 309 g/mol. The van der Waals surface area contributed by atoms with Crippen molar-refractivity contribution in [2.75, 3.05) is 0 Å². The van der Waals surface area contributed by atoms with Crippen LogP contribution in [-0.4, -0.2) is 6.29 Å². The van der Waals surface area contributed by atoms with Crippen LogP contribution in [0.3, 0.4) is 0 Å². The van der Waals surface area contributed by atoms with Crippen LogP contribution >= 0.6 is 0 Å². The highest BCUT2D eigenvalue weighted by Gasteiger charge is 2.18. The molecule has 0 saturated carbocycles. The van der Waals surface area contributed by atoms with Crippen LogP contribution < -0.4 is 0 Å². The van der Waals surface area contributed by atoms with E-state index in [4.69, 9.17) is 0 Å². The summed E-state index contributed by atoms with van der Waals surface area (Å²) in [6.07, 6.45) is 2.51. The summed E-state index contributed by atoms with van der Waals surface area (Å²) in [7, 11) is 0. The SMILES string of the molecule is O=[C]CC(c1cccc2ccccc12)c1cccc2ccccc12. The van der Waals surface area contributed by atoms with Gasteiger partial charge in [0, 0.05) is 12.3 Å². The number of hydrogen-bond donors (Lipinski definition) is 0. The first-order valence-electron chi connectivity index (χ1n) is 8.19. The molecule has 4 rings (SSSR count). The molecule has 0 N–H and O–H groups in total. The summed E-state index contributed by atoms with van der Waals surface area (Å²) in [5.74, 6) is 0.0136. The monoisotopic (exact) mass is 309 g/mol. The predicted octanol–water partition coefficient (Wildman–Crippen LogP) is 5.62. The Morgan fingerprint density at radius 3 is 1.58 bits per heavy atom. The second-order valence-corrected chi connectivity index (χ2v) is 6.04. The molecular formula is C23H17O. The Hall–Kier alpha value is -2.93. The molecule has 0 atom stereocenters. The summed E-state index contributed by atoms with van der Waals surface area (Å²) in [6, 6.07) is 29.3. The molecule has 0 bridgehead atoms. The third-order valence-corrected chi connectivity index (χ3v) is 4.69. The van der Waals surface area contributed by atoms with Crippen molar-refractivity contribution in [1.29, 1.82) is 0 Å². The lowest BCUT2D eigenvalue weighted by atomic mass is 9.83. The number of hydrogen-bond acceptors (Lipinski definition) is 1. The van der Waals surface area contributed by atoms with Crippen molar-refractivity contribution < 1.29 is 4.79 Å². The molecule has 1 heteroatoms. The van der Waals surface area contributed by atoms with Gasteiger partial charge in [-0.15, -0.1) is 0 Å². The third kappa shape index (κ3) is 2.48. The Labute approximate surface area is 141 Å². The van der Waals surface area contributed by atoms with Crippen molar-refractivity contribution >= 4 is 27.8 Å². The predicted molar refractivity (Wildman–Crippen MR) is 100 cm³/mol. The Morgan fingerprint density at radius 1 is 0.625 bits per heavy atom. The molecule has 1 radical (unpaired) electrons. The minimum atomic E-state index is 0.0136. The van der Waals surface area contributed by atoms with E-state index in [-0.39, 0.29) is 5.92 Å². The maximum atomic E-state index is 11.3. The van der Waals surface area contributed by atoms with Gasteiger partial charge < -0.3 is 0 Å². The summed E-state index contributed by atoms with van der Waals surface area (Å²) < 4.78 is 0. The lowest BCUT2D eigenvalue weighted by Gasteiger charge is -2.19. The summed E-state index contributed by atoms with van der Waals surface area (Å²) >= 11 is 0. The van der Waals surface area contributed by atoms with Crippen LogP contribution in [0, 0.1) is 0 Å². The Morgan fingerprint density at radius 2 is 1.08 bits per heavy atom. The highest BCUT2D eigenvalue weighted by atomic mass is 16.1. The zero-order chi connectivity index (χ0) is 16.4. The van der Waals surface area contributed by atoms with Crippen LogP contribution in [0.2, 0.25) is 0 Å². The van der Waals surface area contributed by atoms with Gasteiger partial charge in [-0.25, -0.2) is 0 Å². The van der Waals surface area contributed by atoms with Crippen molar-refractivity contribution in [3.63, 3.8) is 0 Å². The number of carbonyl (C=O) groups excluding carboxylic acids is 1. The van der Waals surface area contributed by atoms with Gasteiger partial charge >= 0.3 is 0 Å². The van der Waals surface area contributed by atoms with E-state index >= 15 is 0 Å². The molecule has 0 fully saturated rings. The molecule has 24 heavy (non-hydrogen) atoms. The number of rotatable bonds is 4. The molecule has 115 valence electrons. The lowest BCUT2D eigenvalue weighted by molar-refractivity contribution is 0.547. The van der Waals surface area contributed by atoms with E-state index in [1.165, 1.54) is 32.7 Å². The molecule has 1 nitrogen and oxygen atoms in total. The molecule has 0 aliphatic rings. The van der Waals surface area contributed by atoms with Crippen molar-refractivity contribution in [3.8, 4) is 0 Å². The van der Waals surface area contributed by atoms with Gasteiger partial charge in [-0.2, -0.15) is 0 Å². The highest BCUT2D eigenvalue weighted by molar-refractivity contribution is 5.90. The zero-order valence-electron chi connectivity index (χ0n) is 13.3. The van der Waals surface area contributed by atoms with E-state index in [0.29, 0.717) is 6.42 Å². The van der Waals surface area contributed by atoms with Gasteiger partial charge in [0.05, 0.1) is 0 Å². The topological polar surface area (TPSA) is 17.1 Å². The second kappa shape index (κ2) is 6.29. The largest absolute Gasteiger partial charge is 0.291 e. The third-order valence-electron chi connectivity index (χ3n) is 4.69. The van der Waals surface area contributed by atoms with E-state index in [1.807, 2.05) is 12.1 Å². The maximum Gasteiger partial charge on any atom is 0.199 e. The van der Waals surface area contributed by atoms with Gasteiger partial charge in [-0.3, -0.25) is 4.79 Å². The van der Waals surface area contributed by atoms with Crippen molar-refractivity contribution in [3.05, 3.63) is 96.1 Å². The van der Waals surface area contributed by atoms with Gasteiger partial charge in [0.2, 0.25) is 0 Å². The molecule has 0 unspecified atom stereocenters.